The van der Waals surface area contributed by atoms with Gasteiger partial charge in [-0.2, -0.15) is 0 Å². The maximum Gasteiger partial charge on any atom is 0.336 e. The molecule has 0 radical (unpaired) electrons. The van der Waals surface area contributed by atoms with E-state index < -0.39 is 11.9 Å². The third kappa shape index (κ3) is 5.08. The number of aryl methyl sites for hydroxylation is 2. The van der Waals surface area contributed by atoms with E-state index >= 15 is 0 Å². The second kappa shape index (κ2) is 9.92. The highest BCUT2D eigenvalue weighted by atomic mass is 19.1. The van der Waals surface area contributed by atoms with Crippen molar-refractivity contribution in [3.8, 4) is 5.75 Å². The van der Waals surface area contributed by atoms with Crippen molar-refractivity contribution in [3.05, 3.63) is 87.0 Å². The number of halogens is 1. The first-order chi connectivity index (χ1) is 17.0. The van der Waals surface area contributed by atoms with E-state index in [0.717, 1.165) is 34.4 Å². The van der Waals surface area contributed by atoms with E-state index in [-0.39, 0.29) is 30.2 Å². The molecule has 5 nitrogen and oxygen atoms in total. The Morgan fingerprint density at radius 3 is 2.44 bits per heavy atom. The molecule has 2 aromatic carbocycles. The molecule has 0 amide bonds. The van der Waals surface area contributed by atoms with Crippen LogP contribution in [-0.2, 0) is 20.9 Å². The Hall–Kier alpha value is -3.41. The van der Waals surface area contributed by atoms with Crippen molar-refractivity contribution in [2.24, 2.45) is 5.41 Å². The van der Waals surface area contributed by atoms with Crippen molar-refractivity contribution < 1.29 is 23.5 Å². The standard InChI is InChI=1S/C30H34FNO4/c1-7-35-29(34)26-19(4)32-24-14-30(5,6)15-25(33)28(24)27(26)23-13-20(17(2)12-18(23)3)16-36-22-10-8-21(31)9-11-22/h8-13,27,32H,7,14-16H2,1-6H3. The lowest BCUT2D eigenvalue weighted by Crippen LogP contribution is -2.39. The number of nitrogens with one attached hydrogen (secondary N) is 1. The van der Waals surface area contributed by atoms with Gasteiger partial charge in [-0.3, -0.25) is 4.79 Å². The van der Waals surface area contributed by atoms with E-state index in [0.29, 0.717) is 29.0 Å². The highest BCUT2D eigenvalue weighted by Gasteiger charge is 2.43. The molecule has 0 bridgehead atoms. The molecule has 190 valence electrons. The second-order valence-corrected chi connectivity index (χ2v) is 10.5. The van der Waals surface area contributed by atoms with Crippen LogP contribution in [0.1, 0.15) is 68.7 Å². The molecule has 1 N–H and O–H groups in total. The molecule has 2 aromatic rings. The lowest BCUT2D eigenvalue weighted by molar-refractivity contribution is -0.138. The summed E-state index contributed by atoms with van der Waals surface area (Å²) in [5, 5.41) is 3.37. The lowest BCUT2D eigenvalue weighted by atomic mass is 9.68. The largest absolute Gasteiger partial charge is 0.489 e. The topological polar surface area (TPSA) is 64.6 Å². The van der Waals surface area contributed by atoms with E-state index in [1.54, 1.807) is 19.1 Å². The number of allylic oxidation sites excluding steroid dienone is 3. The van der Waals surface area contributed by atoms with Crippen LogP contribution in [-0.4, -0.2) is 18.4 Å². The minimum absolute atomic E-state index is 0.0529. The molecule has 0 saturated heterocycles. The van der Waals surface area contributed by atoms with Gasteiger partial charge in [0.2, 0.25) is 0 Å². The number of esters is 1. The molecule has 4 rings (SSSR count). The van der Waals surface area contributed by atoms with Crippen molar-refractivity contribution >= 4 is 11.8 Å². The van der Waals surface area contributed by atoms with Crippen molar-refractivity contribution in [2.75, 3.05) is 6.61 Å². The van der Waals surface area contributed by atoms with Gasteiger partial charge in [0.15, 0.2) is 5.78 Å². The molecule has 1 atom stereocenters. The number of hydrogen-bond acceptors (Lipinski definition) is 5. The van der Waals surface area contributed by atoms with Crippen LogP contribution in [0, 0.1) is 25.1 Å². The summed E-state index contributed by atoms with van der Waals surface area (Å²) in [6.45, 7) is 12.4. The minimum Gasteiger partial charge on any atom is -0.489 e. The normalized spacial score (nSPS) is 19.1. The highest BCUT2D eigenvalue weighted by molar-refractivity contribution is 6.04. The van der Waals surface area contributed by atoms with Gasteiger partial charge < -0.3 is 14.8 Å². The van der Waals surface area contributed by atoms with Gasteiger partial charge >= 0.3 is 5.97 Å². The highest BCUT2D eigenvalue weighted by Crippen LogP contribution is 2.47. The number of rotatable bonds is 6. The Labute approximate surface area is 212 Å². The third-order valence-corrected chi connectivity index (χ3v) is 6.98. The maximum absolute atomic E-state index is 13.5. The number of dihydropyridines is 1. The average Bonchev–Trinajstić information content (AvgIpc) is 2.78. The van der Waals surface area contributed by atoms with Gasteiger partial charge in [0, 0.05) is 29.3 Å². The number of Topliss-reactive ketones (excluding diaryl/α,β-unsaturated/α-hetero) is 1. The molecule has 0 fully saturated rings. The van der Waals surface area contributed by atoms with Crippen LogP contribution in [0.15, 0.2) is 58.9 Å². The van der Waals surface area contributed by atoms with E-state index in [2.05, 4.69) is 25.2 Å². The first kappa shape index (κ1) is 25.7. The van der Waals surface area contributed by atoms with Crippen molar-refractivity contribution in [3.63, 3.8) is 0 Å². The minimum atomic E-state index is -0.519. The maximum atomic E-state index is 13.5. The van der Waals surface area contributed by atoms with Crippen LogP contribution >= 0.6 is 0 Å². The Morgan fingerprint density at radius 1 is 1.08 bits per heavy atom. The lowest BCUT2D eigenvalue weighted by Gasteiger charge is -2.40. The molecule has 1 unspecified atom stereocenters. The fraction of sp³-hybridized carbons (Fsp3) is 0.400. The van der Waals surface area contributed by atoms with Crippen molar-refractivity contribution in [1.82, 2.24) is 5.32 Å². The smallest absolute Gasteiger partial charge is 0.336 e. The summed E-state index contributed by atoms with van der Waals surface area (Å²) in [4.78, 5) is 26.7. The first-order valence-corrected chi connectivity index (χ1v) is 12.4. The van der Waals surface area contributed by atoms with Gasteiger partial charge in [-0.1, -0.05) is 26.0 Å². The zero-order valence-electron chi connectivity index (χ0n) is 21.9. The van der Waals surface area contributed by atoms with Gasteiger partial charge in [-0.15, -0.1) is 0 Å². The Morgan fingerprint density at radius 2 is 1.78 bits per heavy atom. The average molecular weight is 492 g/mol. The van der Waals surface area contributed by atoms with Gasteiger partial charge in [0.1, 0.15) is 18.2 Å². The van der Waals surface area contributed by atoms with Gasteiger partial charge in [0.05, 0.1) is 12.2 Å². The predicted molar refractivity (Wildman–Crippen MR) is 137 cm³/mol. The van der Waals surface area contributed by atoms with Crippen LogP contribution in [0.5, 0.6) is 5.75 Å². The molecule has 1 heterocycles. The molecule has 36 heavy (non-hydrogen) atoms. The third-order valence-electron chi connectivity index (χ3n) is 6.98. The van der Waals surface area contributed by atoms with Crippen molar-refractivity contribution in [2.45, 2.75) is 66.9 Å². The van der Waals surface area contributed by atoms with E-state index in [4.69, 9.17) is 9.47 Å². The number of hydrogen-bond donors (Lipinski definition) is 1. The first-order valence-electron chi connectivity index (χ1n) is 12.4. The summed E-state index contributed by atoms with van der Waals surface area (Å²) in [5.41, 5.74) is 6.42. The molecular formula is C30H34FNO4. The zero-order valence-corrected chi connectivity index (χ0v) is 21.9. The molecule has 6 heteroatoms. The molecule has 1 aliphatic carbocycles. The molecule has 0 saturated carbocycles. The van der Waals surface area contributed by atoms with Crippen LogP contribution in [0.25, 0.3) is 0 Å². The monoisotopic (exact) mass is 491 g/mol. The quantitative estimate of drug-likeness (QED) is 0.488. The number of carbonyl (C=O) groups is 2. The summed E-state index contributed by atoms with van der Waals surface area (Å²) < 4.78 is 24.7. The summed E-state index contributed by atoms with van der Waals surface area (Å²) in [6.07, 6.45) is 1.15. The summed E-state index contributed by atoms with van der Waals surface area (Å²) >= 11 is 0. The number of carbonyl (C=O) groups excluding carboxylic acids is 2. The number of ketones is 1. The molecule has 0 spiro atoms. The Kier molecular flexibility index (Phi) is 7.07. The van der Waals surface area contributed by atoms with Gasteiger partial charge in [0.25, 0.3) is 0 Å². The van der Waals surface area contributed by atoms with Crippen LogP contribution in [0.3, 0.4) is 0 Å². The summed E-state index contributed by atoms with van der Waals surface area (Å²) in [6, 6.07) is 10.0. The van der Waals surface area contributed by atoms with Gasteiger partial charge in [-0.05, 0) is 86.1 Å². The molecule has 2 aliphatic rings. The summed E-state index contributed by atoms with van der Waals surface area (Å²) in [5.74, 6) is -0.635. The number of ether oxygens (including phenoxy) is 2. The fourth-order valence-corrected chi connectivity index (χ4v) is 5.30. The summed E-state index contributed by atoms with van der Waals surface area (Å²) in [7, 11) is 0. The van der Waals surface area contributed by atoms with Crippen molar-refractivity contribution in [1.29, 1.82) is 0 Å². The molecule has 1 aliphatic heterocycles. The van der Waals surface area contributed by atoms with Gasteiger partial charge in [-0.25, -0.2) is 9.18 Å². The van der Waals surface area contributed by atoms with E-state index in [1.165, 1.54) is 12.1 Å². The van der Waals surface area contributed by atoms with E-state index in [1.807, 2.05) is 26.8 Å². The Bertz CT molecular complexity index is 1270. The zero-order chi connectivity index (χ0) is 26.2. The fourth-order valence-electron chi connectivity index (χ4n) is 5.30. The predicted octanol–water partition coefficient (Wildman–Crippen LogP) is 6.19. The van der Waals surface area contributed by atoms with E-state index in [9.17, 15) is 14.0 Å². The van der Waals surface area contributed by atoms with Crippen LogP contribution in [0.4, 0.5) is 4.39 Å². The SMILES string of the molecule is CCOC(=O)C1=C(C)NC2=C(C(=O)CC(C)(C)C2)C1c1cc(COc2ccc(F)cc2)c(C)cc1C. The van der Waals surface area contributed by atoms with Crippen LogP contribution < -0.4 is 10.1 Å². The Balaban J connectivity index is 1.81. The second-order valence-electron chi connectivity index (χ2n) is 10.5. The molecule has 0 aromatic heterocycles. The number of benzene rings is 2. The van der Waals surface area contributed by atoms with Crippen LogP contribution in [0.2, 0.25) is 0 Å². The molecular weight excluding hydrogens is 457 g/mol.